The van der Waals surface area contributed by atoms with Gasteiger partial charge in [-0.2, -0.15) is 0 Å². The van der Waals surface area contributed by atoms with Crippen molar-refractivity contribution >= 4 is 11.8 Å². The maximum absolute atomic E-state index is 12.3. The highest BCUT2D eigenvalue weighted by Gasteiger charge is 2.30. The standard InChI is InChI=1S/C22H30N4O3/c1-16-8-7-11-26(14-16)22(2,3)15-24-20(27)13-23-21(28)18-12-19(29-25-18)17-9-5-4-6-10-17/h4-6,9-10,12,16H,7-8,11,13-15H2,1-3H3,(H,23,28)(H,24,27). The highest BCUT2D eigenvalue weighted by molar-refractivity contribution is 5.95. The highest BCUT2D eigenvalue weighted by Crippen LogP contribution is 2.23. The van der Waals surface area contributed by atoms with Crippen molar-refractivity contribution < 1.29 is 14.1 Å². The predicted molar refractivity (Wildman–Crippen MR) is 111 cm³/mol. The first kappa shape index (κ1) is 21.0. The molecule has 0 radical (unpaired) electrons. The Morgan fingerprint density at radius 3 is 2.72 bits per heavy atom. The van der Waals surface area contributed by atoms with E-state index in [9.17, 15) is 9.59 Å². The molecule has 1 fully saturated rings. The molecule has 0 saturated carbocycles. The van der Waals surface area contributed by atoms with Gasteiger partial charge in [-0.25, -0.2) is 0 Å². The van der Waals surface area contributed by atoms with E-state index < -0.39 is 5.91 Å². The van der Waals surface area contributed by atoms with E-state index in [4.69, 9.17) is 4.52 Å². The summed E-state index contributed by atoms with van der Waals surface area (Å²) in [5.41, 5.74) is 0.871. The van der Waals surface area contributed by atoms with E-state index in [0.29, 0.717) is 18.2 Å². The van der Waals surface area contributed by atoms with Crippen LogP contribution in [-0.4, -0.2) is 53.6 Å². The van der Waals surface area contributed by atoms with Crippen molar-refractivity contribution in [2.24, 2.45) is 5.92 Å². The lowest BCUT2D eigenvalue weighted by Crippen LogP contribution is -2.55. The normalized spacial score (nSPS) is 17.7. The molecule has 29 heavy (non-hydrogen) atoms. The summed E-state index contributed by atoms with van der Waals surface area (Å²) in [4.78, 5) is 26.9. The zero-order chi connectivity index (χ0) is 20.9. The number of carbonyl (C=O) groups excluding carboxylic acids is 2. The van der Waals surface area contributed by atoms with Crippen LogP contribution in [0.5, 0.6) is 0 Å². The van der Waals surface area contributed by atoms with E-state index in [1.807, 2.05) is 30.3 Å². The molecule has 1 aromatic heterocycles. The maximum atomic E-state index is 12.3. The molecule has 1 aliphatic rings. The molecule has 0 bridgehead atoms. The Balaban J connectivity index is 1.45. The molecular formula is C22H30N4O3. The number of nitrogens with one attached hydrogen (secondary N) is 2. The second-order valence-electron chi connectivity index (χ2n) is 8.41. The maximum Gasteiger partial charge on any atom is 0.273 e. The Morgan fingerprint density at radius 1 is 1.24 bits per heavy atom. The average Bonchev–Trinajstić information content (AvgIpc) is 3.22. The quantitative estimate of drug-likeness (QED) is 0.749. The fourth-order valence-electron chi connectivity index (χ4n) is 3.60. The van der Waals surface area contributed by atoms with Gasteiger partial charge in [0.15, 0.2) is 11.5 Å². The Labute approximate surface area is 171 Å². The lowest BCUT2D eigenvalue weighted by molar-refractivity contribution is -0.120. The van der Waals surface area contributed by atoms with Crippen LogP contribution in [0.3, 0.4) is 0 Å². The average molecular weight is 399 g/mol. The van der Waals surface area contributed by atoms with E-state index in [1.165, 1.54) is 12.8 Å². The van der Waals surface area contributed by atoms with Gasteiger partial charge in [-0.3, -0.25) is 14.5 Å². The van der Waals surface area contributed by atoms with E-state index in [-0.39, 0.29) is 23.7 Å². The fourth-order valence-corrected chi connectivity index (χ4v) is 3.60. The second-order valence-corrected chi connectivity index (χ2v) is 8.41. The predicted octanol–water partition coefficient (Wildman–Crippen LogP) is 2.70. The summed E-state index contributed by atoms with van der Waals surface area (Å²) in [6, 6.07) is 11.0. The van der Waals surface area contributed by atoms with Crippen LogP contribution >= 0.6 is 0 Å². The van der Waals surface area contributed by atoms with Crippen molar-refractivity contribution in [3.8, 4) is 11.3 Å². The molecule has 156 valence electrons. The number of hydrogen-bond acceptors (Lipinski definition) is 5. The lowest BCUT2D eigenvalue weighted by atomic mass is 9.93. The highest BCUT2D eigenvalue weighted by atomic mass is 16.5. The molecule has 1 saturated heterocycles. The van der Waals surface area contributed by atoms with Crippen LogP contribution in [0, 0.1) is 5.92 Å². The summed E-state index contributed by atoms with van der Waals surface area (Å²) in [5, 5.41) is 9.33. The summed E-state index contributed by atoms with van der Waals surface area (Å²) in [7, 11) is 0. The molecule has 2 N–H and O–H groups in total. The van der Waals surface area contributed by atoms with Crippen molar-refractivity contribution in [3.63, 3.8) is 0 Å². The summed E-state index contributed by atoms with van der Waals surface area (Å²) in [6.07, 6.45) is 2.45. The Kier molecular flexibility index (Phi) is 6.69. The molecule has 2 amide bonds. The van der Waals surface area contributed by atoms with Gasteiger partial charge in [-0.05, 0) is 39.2 Å². The van der Waals surface area contributed by atoms with Gasteiger partial charge in [-0.15, -0.1) is 0 Å². The van der Waals surface area contributed by atoms with Crippen LogP contribution in [0.25, 0.3) is 11.3 Å². The molecule has 1 aliphatic heterocycles. The first-order valence-corrected chi connectivity index (χ1v) is 10.2. The molecule has 2 heterocycles. The number of nitrogens with zero attached hydrogens (tertiary/aromatic N) is 2. The summed E-state index contributed by atoms with van der Waals surface area (Å²) >= 11 is 0. The van der Waals surface area contributed by atoms with Gasteiger partial charge in [0, 0.05) is 30.3 Å². The molecule has 1 atom stereocenters. The summed E-state index contributed by atoms with van der Waals surface area (Å²) in [6.45, 7) is 9.10. The number of hydrogen-bond donors (Lipinski definition) is 2. The SMILES string of the molecule is CC1CCCN(C(C)(C)CNC(=O)CNC(=O)c2cc(-c3ccccc3)on2)C1. The van der Waals surface area contributed by atoms with E-state index in [1.54, 1.807) is 6.07 Å². The first-order valence-electron chi connectivity index (χ1n) is 10.2. The third kappa shape index (κ3) is 5.67. The molecule has 0 aliphatic carbocycles. The Hall–Kier alpha value is -2.67. The third-order valence-corrected chi connectivity index (χ3v) is 5.44. The number of benzene rings is 1. The fraction of sp³-hybridized carbons (Fsp3) is 0.500. The Bertz CT molecular complexity index is 832. The number of aromatic nitrogens is 1. The number of likely N-dealkylation sites (tertiary alicyclic amines) is 1. The van der Waals surface area contributed by atoms with Gasteiger partial charge in [0.1, 0.15) is 0 Å². The molecule has 3 rings (SSSR count). The molecule has 7 heteroatoms. The monoisotopic (exact) mass is 398 g/mol. The molecule has 2 aromatic rings. The smallest absolute Gasteiger partial charge is 0.273 e. The van der Waals surface area contributed by atoms with E-state index in [0.717, 1.165) is 18.7 Å². The summed E-state index contributed by atoms with van der Waals surface area (Å²) < 4.78 is 5.23. The molecule has 1 aromatic carbocycles. The van der Waals surface area contributed by atoms with Gasteiger partial charge >= 0.3 is 0 Å². The topological polar surface area (TPSA) is 87.5 Å². The zero-order valence-electron chi connectivity index (χ0n) is 17.4. The van der Waals surface area contributed by atoms with Crippen LogP contribution in [0.2, 0.25) is 0 Å². The number of rotatable bonds is 7. The minimum Gasteiger partial charge on any atom is -0.355 e. The minimum atomic E-state index is -0.435. The first-order chi connectivity index (χ1) is 13.8. The minimum absolute atomic E-state index is 0.0984. The van der Waals surface area contributed by atoms with Crippen molar-refractivity contribution in [3.05, 3.63) is 42.1 Å². The van der Waals surface area contributed by atoms with Crippen molar-refractivity contribution in [1.29, 1.82) is 0 Å². The number of piperidine rings is 1. The lowest BCUT2D eigenvalue weighted by Gasteiger charge is -2.43. The van der Waals surface area contributed by atoms with E-state index >= 15 is 0 Å². The van der Waals surface area contributed by atoms with Crippen molar-refractivity contribution in [1.82, 2.24) is 20.7 Å². The number of carbonyl (C=O) groups is 2. The molecular weight excluding hydrogens is 368 g/mol. The molecule has 0 spiro atoms. The van der Waals surface area contributed by atoms with Gasteiger partial charge in [0.2, 0.25) is 5.91 Å². The summed E-state index contributed by atoms with van der Waals surface area (Å²) in [5.74, 6) is 0.539. The number of amides is 2. The van der Waals surface area contributed by atoms with Crippen LogP contribution in [0.15, 0.2) is 40.9 Å². The van der Waals surface area contributed by atoms with Crippen molar-refractivity contribution in [2.75, 3.05) is 26.2 Å². The zero-order valence-corrected chi connectivity index (χ0v) is 17.4. The van der Waals surface area contributed by atoms with Gasteiger partial charge in [-0.1, -0.05) is 42.4 Å². The molecule has 1 unspecified atom stereocenters. The molecule has 7 nitrogen and oxygen atoms in total. The second kappa shape index (κ2) is 9.22. The third-order valence-electron chi connectivity index (χ3n) is 5.44. The van der Waals surface area contributed by atoms with Crippen LogP contribution < -0.4 is 10.6 Å². The van der Waals surface area contributed by atoms with Crippen LogP contribution in [-0.2, 0) is 4.79 Å². The van der Waals surface area contributed by atoms with Gasteiger partial charge in [0.25, 0.3) is 5.91 Å². The van der Waals surface area contributed by atoms with Crippen LogP contribution in [0.4, 0.5) is 0 Å². The van der Waals surface area contributed by atoms with Gasteiger partial charge < -0.3 is 15.2 Å². The van der Waals surface area contributed by atoms with E-state index in [2.05, 4.69) is 41.5 Å². The van der Waals surface area contributed by atoms with Gasteiger partial charge in [0.05, 0.1) is 6.54 Å². The van der Waals surface area contributed by atoms with Crippen molar-refractivity contribution in [2.45, 2.75) is 39.2 Å². The largest absolute Gasteiger partial charge is 0.355 e. The van der Waals surface area contributed by atoms with Crippen LogP contribution in [0.1, 0.15) is 44.1 Å². The Morgan fingerprint density at radius 2 is 2.00 bits per heavy atom.